The summed E-state index contributed by atoms with van der Waals surface area (Å²) in [7, 11) is 1.61. The van der Waals surface area contributed by atoms with E-state index in [1.54, 1.807) is 13.2 Å². The van der Waals surface area contributed by atoms with Gasteiger partial charge in [-0.2, -0.15) is 0 Å². The second kappa shape index (κ2) is 3.93. The largest absolute Gasteiger partial charge is 0.493 e. The molecule has 0 atom stereocenters. The molecule has 0 spiro atoms. The summed E-state index contributed by atoms with van der Waals surface area (Å²) in [4.78, 5) is 11.5. The average molecular weight is 206 g/mol. The quantitative estimate of drug-likeness (QED) is 0.760. The highest BCUT2D eigenvalue weighted by Gasteiger charge is 2.22. The van der Waals surface area contributed by atoms with Crippen molar-refractivity contribution in [3.05, 3.63) is 23.3 Å². The molecule has 3 nitrogen and oxygen atoms in total. The molecular formula is C12H14O3. The van der Waals surface area contributed by atoms with Gasteiger partial charge in [-0.3, -0.25) is 4.79 Å². The van der Waals surface area contributed by atoms with Gasteiger partial charge in [-0.25, -0.2) is 0 Å². The molecule has 0 saturated heterocycles. The monoisotopic (exact) mass is 206 g/mol. The highest BCUT2D eigenvalue weighted by atomic mass is 16.5. The van der Waals surface area contributed by atoms with Gasteiger partial charge in [-0.1, -0.05) is 0 Å². The zero-order valence-corrected chi connectivity index (χ0v) is 9.00. The molecule has 1 aromatic rings. The summed E-state index contributed by atoms with van der Waals surface area (Å²) in [5, 5.41) is 0. The SMILES string of the molecule is CCOc1cc2c(cc1OC)CCC2=O. The Morgan fingerprint density at radius 3 is 2.73 bits per heavy atom. The van der Waals surface area contributed by atoms with Crippen LogP contribution in [0, 0.1) is 0 Å². The molecule has 0 heterocycles. The van der Waals surface area contributed by atoms with Crippen LogP contribution in [0.2, 0.25) is 0 Å². The second-order valence-corrected chi connectivity index (χ2v) is 3.52. The lowest BCUT2D eigenvalue weighted by Crippen LogP contribution is -1.99. The number of carbonyl (C=O) groups excluding carboxylic acids is 1. The van der Waals surface area contributed by atoms with E-state index in [-0.39, 0.29) is 5.78 Å². The highest BCUT2D eigenvalue weighted by Crippen LogP contribution is 2.34. The van der Waals surface area contributed by atoms with Crippen LogP contribution in [-0.2, 0) is 6.42 Å². The van der Waals surface area contributed by atoms with Gasteiger partial charge in [0.25, 0.3) is 0 Å². The van der Waals surface area contributed by atoms with E-state index < -0.39 is 0 Å². The van der Waals surface area contributed by atoms with Gasteiger partial charge in [0.1, 0.15) is 0 Å². The molecule has 80 valence electrons. The first-order valence-electron chi connectivity index (χ1n) is 5.13. The minimum absolute atomic E-state index is 0.202. The topological polar surface area (TPSA) is 35.5 Å². The fraction of sp³-hybridized carbons (Fsp3) is 0.417. The van der Waals surface area contributed by atoms with Crippen molar-refractivity contribution in [3.8, 4) is 11.5 Å². The van der Waals surface area contributed by atoms with Crippen LogP contribution in [0.15, 0.2) is 12.1 Å². The van der Waals surface area contributed by atoms with Gasteiger partial charge in [0.05, 0.1) is 13.7 Å². The highest BCUT2D eigenvalue weighted by molar-refractivity contribution is 6.01. The van der Waals surface area contributed by atoms with E-state index >= 15 is 0 Å². The first-order chi connectivity index (χ1) is 7.26. The third kappa shape index (κ3) is 1.69. The van der Waals surface area contributed by atoms with Crippen molar-refractivity contribution in [2.24, 2.45) is 0 Å². The first-order valence-corrected chi connectivity index (χ1v) is 5.13. The minimum atomic E-state index is 0.202. The van der Waals surface area contributed by atoms with Crippen LogP contribution in [0.4, 0.5) is 0 Å². The van der Waals surface area contributed by atoms with Crippen LogP contribution in [0.3, 0.4) is 0 Å². The summed E-state index contributed by atoms with van der Waals surface area (Å²) in [5.41, 5.74) is 1.86. The third-order valence-corrected chi connectivity index (χ3v) is 2.61. The van der Waals surface area contributed by atoms with Gasteiger partial charge < -0.3 is 9.47 Å². The van der Waals surface area contributed by atoms with E-state index in [4.69, 9.17) is 9.47 Å². The Bertz CT molecular complexity index is 396. The van der Waals surface area contributed by atoms with Gasteiger partial charge in [0.15, 0.2) is 17.3 Å². The number of Topliss-reactive ketones (excluding diaryl/α,β-unsaturated/α-hetero) is 1. The molecule has 0 aromatic heterocycles. The van der Waals surface area contributed by atoms with E-state index in [9.17, 15) is 4.79 Å². The molecule has 1 aliphatic rings. The normalized spacial score (nSPS) is 13.9. The lowest BCUT2D eigenvalue weighted by atomic mass is 10.1. The average Bonchev–Trinajstić information content (AvgIpc) is 2.60. The number of fused-ring (bicyclic) bond motifs is 1. The number of hydrogen-bond donors (Lipinski definition) is 0. The molecule has 0 unspecified atom stereocenters. The molecule has 0 radical (unpaired) electrons. The van der Waals surface area contributed by atoms with Crippen molar-refractivity contribution < 1.29 is 14.3 Å². The number of hydrogen-bond acceptors (Lipinski definition) is 3. The summed E-state index contributed by atoms with van der Waals surface area (Å²) in [6.07, 6.45) is 1.42. The van der Waals surface area contributed by atoms with Crippen molar-refractivity contribution in [1.29, 1.82) is 0 Å². The molecule has 3 heteroatoms. The molecule has 0 fully saturated rings. The lowest BCUT2D eigenvalue weighted by Gasteiger charge is -2.10. The first kappa shape index (κ1) is 10.0. The van der Waals surface area contributed by atoms with E-state index in [1.165, 1.54) is 0 Å². The van der Waals surface area contributed by atoms with E-state index in [0.717, 1.165) is 17.5 Å². The zero-order valence-electron chi connectivity index (χ0n) is 9.00. The number of benzene rings is 1. The van der Waals surface area contributed by atoms with Crippen LogP contribution in [-0.4, -0.2) is 19.5 Å². The maximum Gasteiger partial charge on any atom is 0.163 e. The Hall–Kier alpha value is -1.51. The number of rotatable bonds is 3. The van der Waals surface area contributed by atoms with Gasteiger partial charge in [0.2, 0.25) is 0 Å². The number of methoxy groups -OCH3 is 1. The summed E-state index contributed by atoms with van der Waals surface area (Å²) < 4.78 is 10.6. The summed E-state index contributed by atoms with van der Waals surface area (Å²) in [5.74, 6) is 1.58. The lowest BCUT2D eigenvalue weighted by molar-refractivity contribution is 0.0994. The van der Waals surface area contributed by atoms with E-state index in [1.807, 2.05) is 13.0 Å². The standard InChI is InChI=1S/C12H14O3/c1-3-15-12-7-9-8(4-5-10(9)13)6-11(12)14-2/h6-7H,3-5H2,1-2H3. The molecule has 0 N–H and O–H groups in total. The molecule has 0 amide bonds. The van der Waals surface area contributed by atoms with Crippen LogP contribution < -0.4 is 9.47 Å². The van der Waals surface area contributed by atoms with Crippen LogP contribution in [0.1, 0.15) is 29.3 Å². The van der Waals surface area contributed by atoms with Crippen molar-refractivity contribution in [1.82, 2.24) is 0 Å². The Morgan fingerprint density at radius 2 is 2.07 bits per heavy atom. The predicted octanol–water partition coefficient (Wildman–Crippen LogP) is 2.22. The molecule has 1 aliphatic carbocycles. The van der Waals surface area contributed by atoms with Gasteiger partial charge in [0, 0.05) is 12.0 Å². The maximum atomic E-state index is 11.5. The molecule has 2 rings (SSSR count). The van der Waals surface area contributed by atoms with Crippen LogP contribution in [0.25, 0.3) is 0 Å². The smallest absolute Gasteiger partial charge is 0.163 e. The Labute approximate surface area is 89.0 Å². The fourth-order valence-corrected chi connectivity index (χ4v) is 1.88. The van der Waals surface area contributed by atoms with Gasteiger partial charge in [-0.15, -0.1) is 0 Å². The Kier molecular flexibility index (Phi) is 2.62. The molecule has 1 aromatic carbocycles. The Balaban J connectivity index is 2.46. The van der Waals surface area contributed by atoms with Crippen molar-refractivity contribution >= 4 is 5.78 Å². The van der Waals surface area contributed by atoms with Crippen LogP contribution in [0.5, 0.6) is 11.5 Å². The van der Waals surface area contributed by atoms with Crippen molar-refractivity contribution in [3.63, 3.8) is 0 Å². The van der Waals surface area contributed by atoms with E-state index in [0.29, 0.717) is 24.5 Å². The summed E-state index contributed by atoms with van der Waals surface area (Å²) >= 11 is 0. The molecule has 0 bridgehead atoms. The number of carbonyl (C=O) groups is 1. The number of aryl methyl sites for hydroxylation is 1. The van der Waals surface area contributed by atoms with Crippen molar-refractivity contribution in [2.45, 2.75) is 19.8 Å². The maximum absolute atomic E-state index is 11.5. The molecule has 0 saturated carbocycles. The number of ketones is 1. The molecular weight excluding hydrogens is 192 g/mol. The summed E-state index contributed by atoms with van der Waals surface area (Å²) in [6.45, 7) is 2.48. The van der Waals surface area contributed by atoms with E-state index in [2.05, 4.69) is 0 Å². The molecule has 0 aliphatic heterocycles. The van der Waals surface area contributed by atoms with Crippen LogP contribution >= 0.6 is 0 Å². The third-order valence-electron chi connectivity index (χ3n) is 2.61. The Morgan fingerprint density at radius 1 is 1.27 bits per heavy atom. The summed E-state index contributed by atoms with van der Waals surface area (Å²) in [6, 6.07) is 3.71. The zero-order chi connectivity index (χ0) is 10.8. The van der Waals surface area contributed by atoms with Gasteiger partial charge in [-0.05, 0) is 31.0 Å². The molecule has 15 heavy (non-hydrogen) atoms. The predicted molar refractivity (Wildman–Crippen MR) is 56.8 cm³/mol. The minimum Gasteiger partial charge on any atom is -0.493 e. The second-order valence-electron chi connectivity index (χ2n) is 3.52. The van der Waals surface area contributed by atoms with Crippen molar-refractivity contribution in [2.75, 3.05) is 13.7 Å². The van der Waals surface area contributed by atoms with Gasteiger partial charge >= 0.3 is 0 Å². The fourth-order valence-electron chi connectivity index (χ4n) is 1.88. The number of ether oxygens (including phenoxy) is 2.